The predicted octanol–water partition coefficient (Wildman–Crippen LogP) is 3.80. The van der Waals surface area contributed by atoms with Crippen LogP contribution < -0.4 is 0 Å². The topological polar surface area (TPSA) is 43.4 Å². The van der Waals surface area contributed by atoms with Crippen LogP contribution in [0.2, 0.25) is 0 Å². The number of aryl methyl sites for hydroxylation is 1. The molecule has 1 aliphatic carbocycles. The van der Waals surface area contributed by atoms with E-state index in [1.807, 2.05) is 0 Å². The van der Waals surface area contributed by atoms with E-state index < -0.39 is 0 Å². The molecule has 0 bridgehead atoms. The summed E-state index contributed by atoms with van der Waals surface area (Å²) in [5.41, 5.74) is 2.86. The van der Waals surface area contributed by atoms with Crippen molar-refractivity contribution < 1.29 is 14.3 Å². The van der Waals surface area contributed by atoms with Gasteiger partial charge in [-0.25, -0.2) is 0 Å². The van der Waals surface area contributed by atoms with Crippen LogP contribution in [0.1, 0.15) is 62.5 Å². The van der Waals surface area contributed by atoms with E-state index >= 15 is 0 Å². The van der Waals surface area contributed by atoms with Gasteiger partial charge in [-0.3, -0.25) is 9.59 Å². The summed E-state index contributed by atoms with van der Waals surface area (Å²) in [6.45, 7) is 2.16. The zero-order valence-electron chi connectivity index (χ0n) is 12.8. The number of carbonyl (C=O) groups excluding carboxylic acids is 2. The molecule has 1 aromatic rings. The van der Waals surface area contributed by atoms with E-state index in [4.69, 9.17) is 4.74 Å². The zero-order valence-corrected chi connectivity index (χ0v) is 12.8. The van der Waals surface area contributed by atoms with E-state index in [9.17, 15) is 9.59 Å². The molecule has 0 aromatic heterocycles. The first-order valence-corrected chi connectivity index (χ1v) is 7.95. The summed E-state index contributed by atoms with van der Waals surface area (Å²) in [6, 6.07) is 8.57. The molecule has 1 unspecified atom stereocenters. The fourth-order valence-corrected chi connectivity index (χ4v) is 3.09. The monoisotopic (exact) mass is 288 g/mol. The standard InChI is InChI=1S/C18H24O3/c1-2-21-18(20)13-12-16(19)11-10-15-8-5-7-14-6-3-4-9-17(14)15/h3-4,6,9,15H,2,5,7-8,10-13H2,1H3. The number of fused-ring (bicyclic) bond motifs is 1. The molecule has 0 radical (unpaired) electrons. The van der Waals surface area contributed by atoms with Gasteiger partial charge in [0.05, 0.1) is 13.0 Å². The number of esters is 1. The molecule has 0 saturated heterocycles. The maximum Gasteiger partial charge on any atom is 0.306 e. The fraction of sp³-hybridized carbons (Fsp3) is 0.556. The first-order valence-electron chi connectivity index (χ1n) is 7.95. The number of benzene rings is 1. The maximum absolute atomic E-state index is 11.9. The summed E-state index contributed by atoms with van der Waals surface area (Å²) in [6.07, 6.45) is 5.53. The summed E-state index contributed by atoms with van der Waals surface area (Å²) in [7, 11) is 0. The van der Waals surface area contributed by atoms with Crippen molar-refractivity contribution in [3.05, 3.63) is 35.4 Å². The van der Waals surface area contributed by atoms with Gasteiger partial charge >= 0.3 is 5.97 Å². The van der Waals surface area contributed by atoms with Crippen molar-refractivity contribution in [1.29, 1.82) is 0 Å². The van der Waals surface area contributed by atoms with Crippen LogP contribution in [0.3, 0.4) is 0 Å². The van der Waals surface area contributed by atoms with Crippen LogP contribution in [0.5, 0.6) is 0 Å². The minimum atomic E-state index is -0.270. The Morgan fingerprint density at radius 1 is 1.19 bits per heavy atom. The van der Waals surface area contributed by atoms with Gasteiger partial charge in [0.15, 0.2) is 0 Å². The minimum absolute atomic E-state index is 0.172. The smallest absolute Gasteiger partial charge is 0.306 e. The number of hydrogen-bond donors (Lipinski definition) is 0. The summed E-state index contributed by atoms with van der Waals surface area (Å²) in [5, 5.41) is 0. The molecule has 3 heteroatoms. The molecule has 0 N–H and O–H groups in total. The van der Waals surface area contributed by atoms with Gasteiger partial charge in [0.25, 0.3) is 0 Å². The fourth-order valence-electron chi connectivity index (χ4n) is 3.09. The van der Waals surface area contributed by atoms with Gasteiger partial charge in [0, 0.05) is 12.8 Å². The number of carbonyl (C=O) groups is 2. The number of rotatable bonds is 7. The van der Waals surface area contributed by atoms with Crippen molar-refractivity contribution >= 4 is 11.8 Å². The minimum Gasteiger partial charge on any atom is -0.466 e. The molecule has 0 saturated carbocycles. The predicted molar refractivity (Wildman–Crippen MR) is 82.2 cm³/mol. The van der Waals surface area contributed by atoms with E-state index in [1.165, 1.54) is 24.0 Å². The number of Topliss-reactive ketones (excluding diaryl/α,β-unsaturated/α-hetero) is 1. The average molecular weight is 288 g/mol. The Morgan fingerprint density at radius 3 is 2.81 bits per heavy atom. The summed E-state index contributed by atoms with van der Waals surface area (Å²) in [5.74, 6) is 0.404. The van der Waals surface area contributed by atoms with Crippen LogP contribution in [-0.2, 0) is 20.7 Å². The molecule has 2 rings (SSSR count). The first kappa shape index (κ1) is 15.7. The van der Waals surface area contributed by atoms with E-state index in [-0.39, 0.29) is 18.2 Å². The third kappa shape index (κ3) is 4.69. The lowest BCUT2D eigenvalue weighted by molar-refractivity contribution is -0.144. The van der Waals surface area contributed by atoms with Gasteiger partial charge in [-0.1, -0.05) is 24.3 Å². The Kier molecular flexibility index (Phi) is 5.97. The summed E-state index contributed by atoms with van der Waals surface area (Å²) in [4.78, 5) is 23.1. The molecule has 0 fully saturated rings. The van der Waals surface area contributed by atoms with Crippen molar-refractivity contribution in [2.45, 2.75) is 57.8 Å². The molecular weight excluding hydrogens is 264 g/mol. The lowest BCUT2D eigenvalue weighted by Gasteiger charge is -2.25. The molecule has 114 valence electrons. The van der Waals surface area contributed by atoms with Crippen molar-refractivity contribution in [3.8, 4) is 0 Å². The lowest BCUT2D eigenvalue weighted by Crippen LogP contribution is -2.12. The third-order valence-electron chi connectivity index (χ3n) is 4.18. The van der Waals surface area contributed by atoms with Crippen LogP contribution in [0.25, 0.3) is 0 Å². The number of ether oxygens (including phenoxy) is 1. The molecule has 0 amide bonds. The highest BCUT2D eigenvalue weighted by Gasteiger charge is 2.20. The second kappa shape index (κ2) is 7.96. The van der Waals surface area contributed by atoms with E-state index in [2.05, 4.69) is 24.3 Å². The zero-order chi connectivity index (χ0) is 15.1. The quantitative estimate of drug-likeness (QED) is 0.717. The second-order valence-electron chi connectivity index (χ2n) is 5.67. The Bertz CT molecular complexity index is 493. The Hall–Kier alpha value is -1.64. The van der Waals surface area contributed by atoms with E-state index in [0.717, 1.165) is 12.8 Å². The molecule has 1 atom stereocenters. The second-order valence-corrected chi connectivity index (χ2v) is 5.67. The molecule has 0 aliphatic heterocycles. The largest absolute Gasteiger partial charge is 0.466 e. The molecule has 1 aliphatic rings. The van der Waals surface area contributed by atoms with Crippen LogP contribution in [0.15, 0.2) is 24.3 Å². The van der Waals surface area contributed by atoms with Crippen LogP contribution in [0, 0.1) is 0 Å². The van der Waals surface area contributed by atoms with E-state index in [1.54, 1.807) is 6.92 Å². The summed E-state index contributed by atoms with van der Waals surface area (Å²) >= 11 is 0. The van der Waals surface area contributed by atoms with Crippen LogP contribution in [0.4, 0.5) is 0 Å². The highest BCUT2D eigenvalue weighted by Crippen LogP contribution is 2.34. The van der Waals surface area contributed by atoms with Gasteiger partial charge in [-0.15, -0.1) is 0 Å². The Labute approximate surface area is 126 Å². The molecular formula is C18H24O3. The first-order chi connectivity index (χ1) is 10.2. The Morgan fingerprint density at radius 2 is 2.00 bits per heavy atom. The van der Waals surface area contributed by atoms with Gasteiger partial charge in [-0.2, -0.15) is 0 Å². The molecule has 21 heavy (non-hydrogen) atoms. The van der Waals surface area contributed by atoms with Crippen molar-refractivity contribution in [1.82, 2.24) is 0 Å². The molecule has 3 nitrogen and oxygen atoms in total. The van der Waals surface area contributed by atoms with Gasteiger partial charge in [0.2, 0.25) is 0 Å². The number of ketones is 1. The van der Waals surface area contributed by atoms with Crippen LogP contribution in [-0.4, -0.2) is 18.4 Å². The van der Waals surface area contributed by atoms with Crippen molar-refractivity contribution in [2.75, 3.05) is 6.61 Å². The van der Waals surface area contributed by atoms with Gasteiger partial charge < -0.3 is 4.74 Å². The molecule has 0 heterocycles. The Balaban J connectivity index is 1.79. The lowest BCUT2D eigenvalue weighted by atomic mass is 9.80. The van der Waals surface area contributed by atoms with Gasteiger partial charge in [-0.05, 0) is 49.7 Å². The molecule has 0 spiro atoms. The summed E-state index contributed by atoms with van der Waals surface area (Å²) < 4.78 is 4.84. The molecule has 1 aromatic carbocycles. The van der Waals surface area contributed by atoms with E-state index in [0.29, 0.717) is 25.4 Å². The van der Waals surface area contributed by atoms with Crippen molar-refractivity contribution in [2.24, 2.45) is 0 Å². The van der Waals surface area contributed by atoms with Crippen molar-refractivity contribution in [3.63, 3.8) is 0 Å². The maximum atomic E-state index is 11.9. The average Bonchev–Trinajstić information content (AvgIpc) is 2.51. The SMILES string of the molecule is CCOC(=O)CCC(=O)CCC1CCCc2ccccc21. The number of hydrogen-bond acceptors (Lipinski definition) is 3. The highest BCUT2D eigenvalue weighted by atomic mass is 16.5. The van der Waals surface area contributed by atoms with Crippen LogP contribution >= 0.6 is 0 Å². The van der Waals surface area contributed by atoms with Gasteiger partial charge in [0.1, 0.15) is 5.78 Å². The third-order valence-corrected chi connectivity index (χ3v) is 4.18. The highest BCUT2D eigenvalue weighted by molar-refractivity contribution is 5.82. The normalized spacial score (nSPS) is 17.1.